The average molecular weight is 241 g/mol. The summed E-state index contributed by atoms with van der Waals surface area (Å²) in [6, 6.07) is 0.362. The van der Waals surface area contributed by atoms with Gasteiger partial charge in [0.1, 0.15) is 0 Å². The van der Waals surface area contributed by atoms with Crippen LogP contribution in [-0.2, 0) is 4.74 Å². The van der Waals surface area contributed by atoms with E-state index in [2.05, 4.69) is 19.2 Å². The first-order valence-electron chi connectivity index (χ1n) is 7.16. The summed E-state index contributed by atoms with van der Waals surface area (Å²) in [5.41, 5.74) is -0.473. The van der Waals surface area contributed by atoms with Gasteiger partial charge in [0.05, 0.1) is 11.7 Å². The van der Waals surface area contributed by atoms with Crippen molar-refractivity contribution >= 4 is 0 Å². The van der Waals surface area contributed by atoms with Crippen LogP contribution in [0.15, 0.2) is 0 Å². The van der Waals surface area contributed by atoms with E-state index in [1.54, 1.807) is 0 Å². The fourth-order valence-corrected chi connectivity index (χ4v) is 2.96. The molecule has 2 atom stereocenters. The van der Waals surface area contributed by atoms with Gasteiger partial charge in [0.2, 0.25) is 0 Å². The second-order valence-corrected chi connectivity index (χ2v) is 6.13. The fraction of sp³-hybridized carbons (Fsp3) is 1.00. The lowest BCUT2D eigenvalue weighted by Gasteiger charge is -2.36. The lowest BCUT2D eigenvalue weighted by molar-refractivity contribution is -0.0132. The minimum Gasteiger partial charge on any atom is -0.389 e. The first-order chi connectivity index (χ1) is 8.09. The molecule has 2 N–H and O–H groups in total. The third-order valence-electron chi connectivity index (χ3n) is 4.48. The average Bonchev–Trinajstić information content (AvgIpc) is 2.84. The molecule has 0 aromatic carbocycles. The predicted octanol–water partition coefficient (Wildman–Crippen LogP) is 2.08. The molecule has 0 unspecified atom stereocenters. The van der Waals surface area contributed by atoms with Gasteiger partial charge in [-0.3, -0.25) is 0 Å². The largest absolute Gasteiger partial charge is 0.389 e. The Morgan fingerprint density at radius 3 is 2.65 bits per heavy atom. The van der Waals surface area contributed by atoms with Gasteiger partial charge in [-0.2, -0.15) is 0 Å². The molecule has 0 spiro atoms. The van der Waals surface area contributed by atoms with Gasteiger partial charge in [-0.15, -0.1) is 0 Å². The smallest absolute Gasteiger partial charge is 0.0771 e. The lowest BCUT2D eigenvalue weighted by atomic mass is 9.79. The highest BCUT2D eigenvalue weighted by molar-refractivity contribution is 4.88. The summed E-state index contributed by atoms with van der Waals surface area (Å²) in [4.78, 5) is 0. The summed E-state index contributed by atoms with van der Waals surface area (Å²) < 4.78 is 5.66. The number of aliphatic hydroxyl groups is 1. The Morgan fingerprint density at radius 2 is 2.06 bits per heavy atom. The van der Waals surface area contributed by atoms with Crippen LogP contribution in [0.4, 0.5) is 0 Å². The van der Waals surface area contributed by atoms with Crippen molar-refractivity contribution in [1.29, 1.82) is 0 Å². The third-order valence-corrected chi connectivity index (χ3v) is 4.48. The Kier molecular flexibility index (Phi) is 4.45. The van der Waals surface area contributed by atoms with Crippen LogP contribution >= 0.6 is 0 Å². The van der Waals surface area contributed by atoms with Crippen LogP contribution in [0.3, 0.4) is 0 Å². The Bertz CT molecular complexity index is 230. The van der Waals surface area contributed by atoms with Crippen LogP contribution in [0.5, 0.6) is 0 Å². The fourth-order valence-electron chi connectivity index (χ4n) is 2.96. The molecule has 1 aliphatic carbocycles. The van der Waals surface area contributed by atoms with Crippen molar-refractivity contribution < 1.29 is 9.84 Å². The molecule has 1 aliphatic heterocycles. The summed E-state index contributed by atoms with van der Waals surface area (Å²) in [5, 5.41) is 14.0. The Labute approximate surface area is 105 Å². The van der Waals surface area contributed by atoms with Crippen LogP contribution in [0.1, 0.15) is 52.4 Å². The van der Waals surface area contributed by atoms with Crippen molar-refractivity contribution in [2.45, 2.75) is 70.1 Å². The van der Waals surface area contributed by atoms with Crippen molar-refractivity contribution in [2.75, 3.05) is 13.2 Å². The first-order valence-corrected chi connectivity index (χ1v) is 7.16. The topological polar surface area (TPSA) is 41.5 Å². The monoisotopic (exact) mass is 241 g/mol. The highest BCUT2D eigenvalue weighted by Crippen LogP contribution is 2.31. The van der Waals surface area contributed by atoms with Gasteiger partial charge in [0.25, 0.3) is 0 Å². The quantitative estimate of drug-likeness (QED) is 0.792. The molecule has 2 rings (SSSR count). The maximum absolute atomic E-state index is 10.5. The molecule has 3 nitrogen and oxygen atoms in total. The lowest BCUT2D eigenvalue weighted by Crippen LogP contribution is -2.48. The van der Waals surface area contributed by atoms with Crippen LogP contribution in [-0.4, -0.2) is 36.0 Å². The van der Waals surface area contributed by atoms with Crippen LogP contribution < -0.4 is 5.32 Å². The number of rotatable bonds is 4. The standard InChI is InChI=1S/C14H27NO2/c1-11-5-7-14(16,8-6-11)10-15-12(2)13-4-3-9-17-13/h11-13,15-16H,3-10H2,1-2H3/t11?,12-,13+,14?/m1/s1. The van der Waals surface area contributed by atoms with E-state index in [0.717, 1.165) is 51.2 Å². The van der Waals surface area contributed by atoms with E-state index < -0.39 is 5.60 Å². The zero-order chi connectivity index (χ0) is 12.3. The Morgan fingerprint density at radius 1 is 1.35 bits per heavy atom. The van der Waals surface area contributed by atoms with Gasteiger partial charge < -0.3 is 15.2 Å². The molecule has 1 heterocycles. The summed E-state index contributed by atoms with van der Waals surface area (Å²) in [5.74, 6) is 0.783. The minimum absolute atomic E-state index is 0.348. The SMILES string of the molecule is CC1CCC(O)(CN[C@H](C)[C@@H]2CCCO2)CC1. The molecule has 0 aromatic rings. The second kappa shape index (κ2) is 5.68. The van der Waals surface area contributed by atoms with Gasteiger partial charge in [-0.1, -0.05) is 6.92 Å². The van der Waals surface area contributed by atoms with Gasteiger partial charge >= 0.3 is 0 Å². The molecule has 0 aromatic heterocycles. The summed E-state index contributed by atoms with van der Waals surface area (Å²) in [7, 11) is 0. The molecular weight excluding hydrogens is 214 g/mol. The summed E-state index contributed by atoms with van der Waals surface area (Å²) in [6.45, 7) is 6.08. The zero-order valence-corrected chi connectivity index (χ0v) is 11.2. The van der Waals surface area contributed by atoms with E-state index >= 15 is 0 Å². The molecule has 3 heteroatoms. The van der Waals surface area contributed by atoms with Gasteiger partial charge in [-0.25, -0.2) is 0 Å². The maximum atomic E-state index is 10.5. The van der Waals surface area contributed by atoms with E-state index in [9.17, 15) is 5.11 Å². The molecule has 17 heavy (non-hydrogen) atoms. The van der Waals surface area contributed by atoms with E-state index in [0.29, 0.717) is 12.1 Å². The van der Waals surface area contributed by atoms with Crippen molar-refractivity contribution in [3.63, 3.8) is 0 Å². The molecular formula is C14H27NO2. The highest BCUT2D eigenvalue weighted by atomic mass is 16.5. The minimum atomic E-state index is -0.473. The van der Waals surface area contributed by atoms with E-state index in [1.165, 1.54) is 6.42 Å². The number of hydrogen-bond acceptors (Lipinski definition) is 3. The summed E-state index contributed by atoms with van der Waals surface area (Å²) in [6.07, 6.45) is 6.89. The molecule has 0 radical (unpaired) electrons. The van der Waals surface area contributed by atoms with Gasteiger partial charge in [0, 0.05) is 19.2 Å². The van der Waals surface area contributed by atoms with Crippen LogP contribution in [0.2, 0.25) is 0 Å². The Hall–Kier alpha value is -0.120. The van der Waals surface area contributed by atoms with Gasteiger partial charge in [0.15, 0.2) is 0 Å². The van der Waals surface area contributed by atoms with E-state index in [4.69, 9.17) is 4.74 Å². The molecule has 0 bridgehead atoms. The molecule has 1 saturated carbocycles. The van der Waals surface area contributed by atoms with Crippen molar-refractivity contribution in [3.8, 4) is 0 Å². The molecule has 2 aliphatic rings. The number of ether oxygens (including phenoxy) is 1. The normalized spacial score (nSPS) is 40.4. The third kappa shape index (κ3) is 3.67. The van der Waals surface area contributed by atoms with Gasteiger partial charge in [-0.05, 0) is 51.4 Å². The number of nitrogens with one attached hydrogen (secondary N) is 1. The number of hydrogen-bond donors (Lipinski definition) is 2. The summed E-state index contributed by atoms with van der Waals surface area (Å²) >= 11 is 0. The molecule has 2 fully saturated rings. The van der Waals surface area contributed by atoms with E-state index in [-0.39, 0.29) is 0 Å². The zero-order valence-electron chi connectivity index (χ0n) is 11.2. The van der Waals surface area contributed by atoms with Crippen LogP contribution in [0, 0.1) is 5.92 Å². The van der Waals surface area contributed by atoms with Crippen molar-refractivity contribution in [1.82, 2.24) is 5.32 Å². The van der Waals surface area contributed by atoms with Crippen molar-refractivity contribution in [3.05, 3.63) is 0 Å². The highest BCUT2D eigenvalue weighted by Gasteiger charge is 2.32. The Balaban J connectivity index is 1.73. The molecule has 100 valence electrons. The molecule has 0 amide bonds. The van der Waals surface area contributed by atoms with Crippen molar-refractivity contribution in [2.24, 2.45) is 5.92 Å². The predicted molar refractivity (Wildman–Crippen MR) is 69.0 cm³/mol. The van der Waals surface area contributed by atoms with E-state index in [1.807, 2.05) is 0 Å². The maximum Gasteiger partial charge on any atom is 0.0771 e. The first kappa shape index (κ1) is 13.3. The second-order valence-electron chi connectivity index (χ2n) is 6.13. The van der Waals surface area contributed by atoms with Crippen LogP contribution in [0.25, 0.3) is 0 Å². The molecule has 1 saturated heterocycles.